The normalized spacial score (nSPS) is 31.4. The molecule has 0 bridgehead atoms. The van der Waals surface area contributed by atoms with Crippen molar-refractivity contribution >= 4 is 23.1 Å². The highest BCUT2D eigenvalue weighted by atomic mass is 32.2. The lowest BCUT2D eigenvalue weighted by Crippen LogP contribution is -2.54. The van der Waals surface area contributed by atoms with Crippen LogP contribution in [0.25, 0.3) is 0 Å². The van der Waals surface area contributed by atoms with Crippen LogP contribution in [-0.2, 0) is 0 Å². The third kappa shape index (κ3) is 5.50. The number of hydrogen-bond donors (Lipinski definition) is 3. The third-order valence-electron chi connectivity index (χ3n) is 12.6. The van der Waals surface area contributed by atoms with Gasteiger partial charge in [0, 0.05) is 33.5 Å². The van der Waals surface area contributed by atoms with Crippen molar-refractivity contribution in [3.8, 4) is 0 Å². The molecule has 0 amide bonds. The molecule has 10 rings (SSSR count). The molecule has 8 atom stereocenters. The van der Waals surface area contributed by atoms with Crippen molar-refractivity contribution in [2.75, 3.05) is 4.90 Å². The van der Waals surface area contributed by atoms with Crippen LogP contribution in [0.3, 0.4) is 0 Å². The highest BCUT2D eigenvalue weighted by Gasteiger charge is 2.47. The van der Waals surface area contributed by atoms with Crippen LogP contribution >= 0.6 is 11.8 Å². The first kappa shape index (κ1) is 30.9. The van der Waals surface area contributed by atoms with Crippen molar-refractivity contribution in [3.63, 3.8) is 0 Å². The van der Waals surface area contributed by atoms with E-state index in [2.05, 4.69) is 166 Å². The molecule has 3 heterocycles. The number of nitrogens with one attached hydrogen (secondary N) is 3. The molecule has 3 N–H and O–H groups in total. The summed E-state index contributed by atoms with van der Waals surface area (Å²) in [6, 6.07) is 49.9. The molecule has 5 heteroatoms. The van der Waals surface area contributed by atoms with Crippen LogP contribution in [-0.4, -0.2) is 11.3 Å². The number of hydrogen-bond acceptors (Lipinski definition) is 5. The Morgan fingerprint density at radius 3 is 1.78 bits per heavy atom. The van der Waals surface area contributed by atoms with E-state index in [1.807, 2.05) is 0 Å². The summed E-state index contributed by atoms with van der Waals surface area (Å²) in [5, 5.41) is 12.3. The number of anilines is 2. The second kappa shape index (κ2) is 13.0. The molecule has 5 aromatic carbocycles. The van der Waals surface area contributed by atoms with Crippen molar-refractivity contribution in [2.24, 2.45) is 11.8 Å². The molecule has 2 aliphatic carbocycles. The molecule has 3 fully saturated rings. The van der Waals surface area contributed by atoms with E-state index in [4.69, 9.17) is 0 Å². The molecule has 5 aromatic rings. The van der Waals surface area contributed by atoms with Crippen LogP contribution in [0.2, 0.25) is 0 Å². The summed E-state index contributed by atoms with van der Waals surface area (Å²) in [5.41, 5.74) is 9.82. The summed E-state index contributed by atoms with van der Waals surface area (Å²) in [6.07, 6.45) is 8.23. The van der Waals surface area contributed by atoms with Crippen LogP contribution in [0.1, 0.15) is 96.7 Å². The molecule has 0 radical (unpaired) electrons. The number of thioether (sulfide) groups is 1. The molecule has 4 nitrogen and oxygen atoms in total. The van der Waals surface area contributed by atoms with E-state index in [0.29, 0.717) is 23.1 Å². The molecular formula is C45H46N4S. The van der Waals surface area contributed by atoms with Gasteiger partial charge in [-0.15, -0.1) is 11.8 Å². The average molecular weight is 675 g/mol. The van der Waals surface area contributed by atoms with Gasteiger partial charge < -0.3 is 4.90 Å². The lowest BCUT2D eigenvalue weighted by atomic mass is 9.66. The van der Waals surface area contributed by atoms with E-state index in [-0.39, 0.29) is 18.5 Å². The Balaban J connectivity index is 0.863. The average Bonchev–Trinajstić information content (AvgIpc) is 3.73. The highest BCUT2D eigenvalue weighted by molar-refractivity contribution is 8.00. The minimum Gasteiger partial charge on any atom is -0.338 e. The SMILES string of the molecule is c1ccc(C2NC(c3ccccc3)NC(c3ccc4c(c3)SC3CC(C5CCC6c7ccccc7N(c7ccccc7)C6C5)CCC43)N2)cc1. The highest BCUT2D eigenvalue weighted by Crippen LogP contribution is 2.58. The quantitative estimate of drug-likeness (QED) is 0.173. The van der Waals surface area contributed by atoms with Crippen molar-refractivity contribution in [3.05, 3.63) is 161 Å². The van der Waals surface area contributed by atoms with E-state index in [9.17, 15) is 0 Å². The Morgan fingerprint density at radius 2 is 1.08 bits per heavy atom. The smallest absolute Gasteiger partial charge is 0.0864 e. The molecule has 1 saturated heterocycles. The van der Waals surface area contributed by atoms with Gasteiger partial charge in [-0.3, -0.25) is 16.0 Å². The molecule has 252 valence electrons. The van der Waals surface area contributed by atoms with Gasteiger partial charge >= 0.3 is 0 Å². The summed E-state index contributed by atoms with van der Waals surface area (Å²) in [7, 11) is 0. The first-order valence-electron chi connectivity index (χ1n) is 18.9. The van der Waals surface area contributed by atoms with Crippen molar-refractivity contribution in [1.29, 1.82) is 0 Å². The van der Waals surface area contributed by atoms with E-state index >= 15 is 0 Å². The Hall–Kier alpha value is -3.87. The molecule has 50 heavy (non-hydrogen) atoms. The van der Waals surface area contributed by atoms with Crippen molar-refractivity contribution < 1.29 is 0 Å². The summed E-state index contributed by atoms with van der Waals surface area (Å²) < 4.78 is 0. The van der Waals surface area contributed by atoms with Crippen LogP contribution in [0, 0.1) is 11.8 Å². The van der Waals surface area contributed by atoms with Crippen molar-refractivity contribution in [2.45, 2.75) is 85.0 Å². The second-order valence-corrected chi connectivity index (χ2v) is 16.5. The Labute approximate surface area is 301 Å². The molecular weight excluding hydrogens is 629 g/mol. The number of benzene rings is 5. The largest absolute Gasteiger partial charge is 0.338 e. The van der Waals surface area contributed by atoms with E-state index in [0.717, 1.165) is 11.8 Å². The Kier molecular flexibility index (Phi) is 8.06. The van der Waals surface area contributed by atoms with Gasteiger partial charge in [-0.2, -0.15) is 0 Å². The monoisotopic (exact) mass is 674 g/mol. The lowest BCUT2D eigenvalue weighted by Gasteiger charge is -2.43. The molecule has 3 aliphatic heterocycles. The van der Waals surface area contributed by atoms with Gasteiger partial charge in [0.15, 0.2) is 0 Å². The topological polar surface area (TPSA) is 39.3 Å². The lowest BCUT2D eigenvalue weighted by molar-refractivity contribution is 0.171. The number of para-hydroxylation sites is 2. The van der Waals surface area contributed by atoms with Gasteiger partial charge in [0.2, 0.25) is 0 Å². The molecule has 0 aromatic heterocycles. The van der Waals surface area contributed by atoms with E-state index in [1.54, 1.807) is 11.1 Å². The summed E-state index contributed by atoms with van der Waals surface area (Å²) in [5.74, 6) is 2.98. The van der Waals surface area contributed by atoms with Gasteiger partial charge in [0.05, 0.1) is 18.5 Å². The number of rotatable bonds is 5. The van der Waals surface area contributed by atoms with Gasteiger partial charge in [-0.25, -0.2) is 0 Å². The predicted octanol–water partition coefficient (Wildman–Crippen LogP) is 10.3. The maximum atomic E-state index is 3.89. The minimum atomic E-state index is 0.0474. The maximum absolute atomic E-state index is 3.89. The first-order chi connectivity index (χ1) is 24.8. The molecule has 0 spiro atoms. The van der Waals surface area contributed by atoms with Crippen LogP contribution in [0.4, 0.5) is 11.4 Å². The Morgan fingerprint density at radius 1 is 0.500 bits per heavy atom. The zero-order valence-corrected chi connectivity index (χ0v) is 29.3. The third-order valence-corrected chi connectivity index (χ3v) is 14.1. The van der Waals surface area contributed by atoms with Gasteiger partial charge in [0.25, 0.3) is 0 Å². The summed E-state index contributed by atoms with van der Waals surface area (Å²) in [6.45, 7) is 0. The standard InChI is InChI=1S/C45H46N4S/c1-4-12-29(13-5-1)43-46-44(30-14-6-2-7-15-30)48-45(47-43)33-22-25-38-37-24-21-32(27-41(37)50-42(38)28-33)31-20-23-36-35-18-10-11-19-39(35)49(40(36)26-31)34-16-8-3-9-17-34/h1-19,22,25,28,31-32,36-37,40-41,43-48H,20-21,23-24,26-27H2. The molecule has 2 saturated carbocycles. The van der Waals surface area contributed by atoms with Gasteiger partial charge in [0.1, 0.15) is 0 Å². The zero-order valence-electron chi connectivity index (χ0n) is 28.5. The fourth-order valence-electron chi connectivity index (χ4n) is 10.3. The van der Waals surface area contributed by atoms with E-state index in [1.165, 1.54) is 71.5 Å². The van der Waals surface area contributed by atoms with Crippen molar-refractivity contribution in [1.82, 2.24) is 16.0 Å². The first-order valence-corrected chi connectivity index (χ1v) is 19.8. The second-order valence-electron chi connectivity index (χ2n) is 15.3. The summed E-state index contributed by atoms with van der Waals surface area (Å²) >= 11 is 2.19. The van der Waals surface area contributed by atoms with E-state index < -0.39 is 0 Å². The predicted molar refractivity (Wildman–Crippen MR) is 206 cm³/mol. The molecule has 8 unspecified atom stereocenters. The number of nitrogens with zero attached hydrogens (tertiary/aromatic N) is 1. The van der Waals surface area contributed by atoms with Crippen LogP contribution < -0.4 is 20.9 Å². The fraction of sp³-hybridized carbons (Fsp3) is 0.333. The zero-order chi connectivity index (χ0) is 33.0. The summed E-state index contributed by atoms with van der Waals surface area (Å²) in [4.78, 5) is 4.21. The maximum Gasteiger partial charge on any atom is 0.0864 e. The Bertz CT molecular complexity index is 1900. The van der Waals surface area contributed by atoms with Crippen LogP contribution in [0.5, 0.6) is 0 Å². The van der Waals surface area contributed by atoms with Gasteiger partial charge in [-0.1, -0.05) is 109 Å². The van der Waals surface area contributed by atoms with Crippen LogP contribution in [0.15, 0.2) is 138 Å². The van der Waals surface area contributed by atoms with Gasteiger partial charge in [-0.05, 0) is 108 Å². The molecule has 5 aliphatic rings. The fourth-order valence-corrected chi connectivity index (χ4v) is 11.9. The number of fused-ring (bicyclic) bond motifs is 6. The minimum absolute atomic E-state index is 0.0474.